The van der Waals surface area contributed by atoms with E-state index >= 15 is 0 Å². The van der Waals surface area contributed by atoms with Crippen molar-refractivity contribution in [1.82, 2.24) is 10.2 Å². The molecule has 2 rings (SSSR count). The number of carbonyl (C=O) groups is 4. The molecule has 3 atom stereocenters. The fourth-order valence-electron chi connectivity index (χ4n) is 2.85. The minimum Gasteiger partial charge on any atom is -0.481 e. The first-order chi connectivity index (χ1) is 13.3. The number of halogens is 1. The van der Waals surface area contributed by atoms with Crippen molar-refractivity contribution in [2.24, 2.45) is 0 Å². The third-order valence-electron chi connectivity index (χ3n) is 4.24. The van der Waals surface area contributed by atoms with Crippen molar-refractivity contribution >= 4 is 36.4 Å². The number of carbonyl (C=O) groups excluding carboxylic acids is 3. The molecule has 2 N–H and O–H groups in total. The average molecular weight is 412 g/mol. The summed E-state index contributed by atoms with van der Waals surface area (Å²) >= 11 is 4.29. The molecular weight excluding hydrogens is 391 g/mol. The summed E-state index contributed by atoms with van der Waals surface area (Å²) in [6.07, 6.45) is -1.28. The normalized spacial score (nSPS) is 19.7. The number of carboxylic acid groups (broad SMARTS) is 1. The molecule has 1 fully saturated rings. The number of carboxylic acids is 1. The first kappa shape index (κ1) is 21.7. The molecule has 3 unspecified atom stereocenters. The molecular formula is C18H21FN2O6S. The quantitative estimate of drug-likeness (QED) is 0.553. The first-order valence-electron chi connectivity index (χ1n) is 8.58. The smallest absolute Gasteiger partial charge is 0.410 e. The minimum absolute atomic E-state index is 0.0176. The Morgan fingerprint density at radius 2 is 1.96 bits per heavy atom. The summed E-state index contributed by atoms with van der Waals surface area (Å²) in [7, 11) is 0. The van der Waals surface area contributed by atoms with E-state index in [1.165, 1.54) is 4.90 Å². The highest BCUT2D eigenvalue weighted by Gasteiger charge is 2.40. The Balaban J connectivity index is 2.02. The number of aliphatic carboxylic acids is 1. The zero-order chi connectivity index (χ0) is 20.7. The minimum atomic E-state index is -1.50. The molecule has 152 valence electrons. The summed E-state index contributed by atoms with van der Waals surface area (Å²) in [6, 6.07) is 6.48. The predicted molar refractivity (Wildman–Crippen MR) is 99.7 cm³/mol. The molecule has 28 heavy (non-hydrogen) atoms. The molecule has 1 aromatic carbocycles. The zero-order valence-electron chi connectivity index (χ0n) is 14.9. The van der Waals surface area contributed by atoms with Gasteiger partial charge in [0.1, 0.15) is 25.4 Å². The fourth-order valence-corrected chi connectivity index (χ4v) is 3.22. The van der Waals surface area contributed by atoms with Gasteiger partial charge in [-0.05, 0) is 12.0 Å². The second kappa shape index (κ2) is 10.1. The van der Waals surface area contributed by atoms with E-state index < -0.39 is 48.9 Å². The zero-order valence-corrected chi connectivity index (χ0v) is 15.8. The van der Waals surface area contributed by atoms with Gasteiger partial charge in [0.15, 0.2) is 5.78 Å². The molecule has 2 amide bonds. The van der Waals surface area contributed by atoms with E-state index in [0.717, 1.165) is 5.56 Å². The molecule has 0 saturated carbocycles. The average Bonchev–Trinajstić information content (AvgIpc) is 3.07. The third kappa shape index (κ3) is 5.95. The van der Waals surface area contributed by atoms with Crippen molar-refractivity contribution in [1.29, 1.82) is 0 Å². The largest absolute Gasteiger partial charge is 0.481 e. The number of thiol groups is 1. The van der Waals surface area contributed by atoms with Crippen LogP contribution in [0, 0.1) is 0 Å². The van der Waals surface area contributed by atoms with Crippen LogP contribution in [0.2, 0.25) is 0 Å². The van der Waals surface area contributed by atoms with Crippen molar-refractivity contribution in [3.63, 3.8) is 0 Å². The van der Waals surface area contributed by atoms with Gasteiger partial charge in [-0.15, -0.1) is 0 Å². The highest BCUT2D eigenvalue weighted by molar-refractivity contribution is 7.81. The monoisotopic (exact) mass is 412 g/mol. The molecule has 1 heterocycles. The maximum atomic E-state index is 12.7. The molecule has 1 saturated heterocycles. The molecule has 10 heteroatoms. The Labute approximate surface area is 166 Å². The van der Waals surface area contributed by atoms with Crippen LogP contribution in [-0.2, 0) is 25.7 Å². The standard InChI is InChI=1S/C18H21FN2O6S/c19-8-15(22)13(7-16(23)24)20-17(25)14-6-12(28)9-21(14)18(26)27-10-11-4-2-1-3-5-11/h1-5,12-14,28H,6-10H2,(H,20,25)(H,23,24). The lowest BCUT2D eigenvalue weighted by Crippen LogP contribution is -2.51. The topological polar surface area (TPSA) is 113 Å². The number of likely N-dealkylation sites (tertiary alicyclic amines) is 1. The SMILES string of the molecule is O=C(O)CC(NC(=O)C1CC(S)CN1C(=O)OCc1ccccc1)C(=O)CF. The van der Waals surface area contributed by atoms with Crippen molar-refractivity contribution < 1.29 is 33.4 Å². The van der Waals surface area contributed by atoms with Gasteiger partial charge in [0.05, 0.1) is 6.42 Å². The molecule has 8 nitrogen and oxygen atoms in total. The van der Waals surface area contributed by atoms with E-state index in [1.807, 2.05) is 6.07 Å². The molecule has 1 aromatic rings. The van der Waals surface area contributed by atoms with E-state index in [-0.39, 0.29) is 24.8 Å². The maximum Gasteiger partial charge on any atom is 0.410 e. The number of ether oxygens (including phenoxy) is 1. The lowest BCUT2D eigenvalue weighted by atomic mass is 10.1. The van der Waals surface area contributed by atoms with Crippen LogP contribution < -0.4 is 5.32 Å². The molecule has 0 aromatic heterocycles. The van der Waals surface area contributed by atoms with Gasteiger partial charge in [0, 0.05) is 11.8 Å². The van der Waals surface area contributed by atoms with Crippen molar-refractivity contribution in [3.8, 4) is 0 Å². The Morgan fingerprint density at radius 3 is 2.57 bits per heavy atom. The van der Waals surface area contributed by atoms with Crippen LogP contribution in [0.25, 0.3) is 0 Å². The summed E-state index contributed by atoms with van der Waals surface area (Å²) in [4.78, 5) is 48.5. The number of hydrogen-bond acceptors (Lipinski definition) is 6. The van der Waals surface area contributed by atoms with Crippen molar-refractivity contribution in [2.75, 3.05) is 13.2 Å². The number of alkyl halides is 1. The van der Waals surface area contributed by atoms with E-state index in [4.69, 9.17) is 9.84 Å². The lowest BCUT2D eigenvalue weighted by Gasteiger charge is -2.25. The number of Topliss-reactive ketones (excluding diaryl/α,β-unsaturated/α-hetero) is 1. The number of amides is 2. The van der Waals surface area contributed by atoms with E-state index in [2.05, 4.69) is 17.9 Å². The molecule has 1 aliphatic rings. The van der Waals surface area contributed by atoms with E-state index in [9.17, 15) is 23.6 Å². The number of rotatable bonds is 8. The van der Waals surface area contributed by atoms with Crippen LogP contribution in [0.1, 0.15) is 18.4 Å². The molecule has 0 aliphatic carbocycles. The van der Waals surface area contributed by atoms with Gasteiger partial charge in [0.2, 0.25) is 5.91 Å². The Bertz CT molecular complexity index is 732. The summed E-state index contributed by atoms with van der Waals surface area (Å²) < 4.78 is 17.9. The molecule has 0 spiro atoms. The highest BCUT2D eigenvalue weighted by Crippen LogP contribution is 2.23. The van der Waals surface area contributed by atoms with Gasteiger partial charge in [0.25, 0.3) is 0 Å². The molecule has 0 radical (unpaired) electrons. The van der Waals surface area contributed by atoms with E-state index in [1.54, 1.807) is 24.3 Å². The van der Waals surface area contributed by atoms with Crippen LogP contribution in [-0.4, -0.2) is 64.3 Å². The fraction of sp³-hybridized carbons (Fsp3) is 0.444. The van der Waals surface area contributed by atoms with Gasteiger partial charge >= 0.3 is 12.1 Å². The summed E-state index contributed by atoms with van der Waals surface area (Å²) in [5, 5.41) is 10.8. The maximum absolute atomic E-state index is 12.7. The Hall–Kier alpha value is -2.62. The van der Waals surface area contributed by atoms with Crippen LogP contribution >= 0.6 is 12.6 Å². The Morgan fingerprint density at radius 1 is 1.29 bits per heavy atom. The first-order valence-corrected chi connectivity index (χ1v) is 9.09. The van der Waals surface area contributed by atoms with Crippen LogP contribution in [0.15, 0.2) is 30.3 Å². The molecule has 1 aliphatic heterocycles. The van der Waals surface area contributed by atoms with Crippen LogP contribution in [0.3, 0.4) is 0 Å². The Kier molecular flexibility index (Phi) is 7.80. The number of nitrogens with one attached hydrogen (secondary N) is 1. The number of hydrogen-bond donors (Lipinski definition) is 3. The third-order valence-corrected chi connectivity index (χ3v) is 4.61. The number of nitrogens with zero attached hydrogens (tertiary/aromatic N) is 1. The molecule has 0 bridgehead atoms. The predicted octanol–water partition coefficient (Wildman–Crippen LogP) is 1.19. The highest BCUT2D eigenvalue weighted by atomic mass is 32.1. The lowest BCUT2D eigenvalue weighted by molar-refractivity contribution is -0.140. The van der Waals surface area contributed by atoms with Crippen LogP contribution in [0.5, 0.6) is 0 Å². The van der Waals surface area contributed by atoms with Gasteiger partial charge in [-0.3, -0.25) is 19.3 Å². The van der Waals surface area contributed by atoms with Gasteiger partial charge < -0.3 is 15.2 Å². The summed E-state index contributed by atoms with van der Waals surface area (Å²) in [5.74, 6) is -3.15. The summed E-state index contributed by atoms with van der Waals surface area (Å²) in [6.45, 7) is -1.24. The van der Waals surface area contributed by atoms with Gasteiger partial charge in [-0.2, -0.15) is 12.6 Å². The van der Waals surface area contributed by atoms with Gasteiger partial charge in [-0.1, -0.05) is 30.3 Å². The summed E-state index contributed by atoms with van der Waals surface area (Å²) in [5.41, 5.74) is 0.772. The van der Waals surface area contributed by atoms with Crippen LogP contribution in [0.4, 0.5) is 9.18 Å². The second-order valence-electron chi connectivity index (χ2n) is 6.36. The number of benzene rings is 1. The van der Waals surface area contributed by atoms with Crippen molar-refractivity contribution in [2.45, 2.75) is 36.8 Å². The van der Waals surface area contributed by atoms with E-state index in [0.29, 0.717) is 0 Å². The van der Waals surface area contributed by atoms with Crippen molar-refractivity contribution in [3.05, 3.63) is 35.9 Å². The second-order valence-corrected chi connectivity index (χ2v) is 7.09. The number of ketones is 1. The van der Waals surface area contributed by atoms with Gasteiger partial charge in [-0.25, -0.2) is 9.18 Å².